The van der Waals surface area contributed by atoms with Crippen LogP contribution < -0.4 is 10.1 Å². The van der Waals surface area contributed by atoms with E-state index in [2.05, 4.69) is 33.5 Å². The maximum atomic E-state index is 12.5. The monoisotopic (exact) mass is 450 g/mol. The van der Waals surface area contributed by atoms with E-state index in [0.717, 1.165) is 66.8 Å². The highest BCUT2D eigenvalue weighted by atomic mass is 32.1. The lowest BCUT2D eigenvalue weighted by molar-refractivity contribution is -0.117. The number of rotatable bonds is 8. The van der Waals surface area contributed by atoms with E-state index >= 15 is 0 Å². The summed E-state index contributed by atoms with van der Waals surface area (Å²) in [6.45, 7) is 7.03. The zero-order valence-electron chi connectivity index (χ0n) is 18.7. The number of carbonyl (C=O) groups is 1. The highest BCUT2D eigenvalue weighted by molar-refractivity contribution is 7.13. The van der Waals surface area contributed by atoms with E-state index in [4.69, 9.17) is 9.72 Å². The third-order valence-electron chi connectivity index (χ3n) is 5.78. The molecule has 1 amide bonds. The van der Waals surface area contributed by atoms with Crippen LogP contribution in [-0.2, 0) is 17.8 Å². The third-order valence-corrected chi connectivity index (χ3v) is 6.72. The molecule has 0 saturated carbocycles. The summed E-state index contributed by atoms with van der Waals surface area (Å²) >= 11 is 1.68. The fraction of sp³-hybridized carbons (Fsp3) is 0.360. The van der Waals surface area contributed by atoms with Gasteiger partial charge in [-0.25, -0.2) is 4.98 Å². The molecule has 0 unspecified atom stereocenters. The normalized spacial score (nSPS) is 14.9. The van der Waals surface area contributed by atoms with Crippen LogP contribution in [0.2, 0.25) is 0 Å². The van der Waals surface area contributed by atoms with E-state index < -0.39 is 0 Å². The molecule has 1 aliphatic heterocycles. The molecule has 0 spiro atoms. The molecule has 4 rings (SSSR count). The number of nitrogens with zero attached hydrogens (tertiary/aromatic N) is 3. The van der Waals surface area contributed by atoms with E-state index in [9.17, 15) is 4.79 Å². The predicted octanol–water partition coefficient (Wildman–Crippen LogP) is 4.14. The van der Waals surface area contributed by atoms with E-state index in [1.165, 1.54) is 5.56 Å². The molecule has 1 aliphatic rings. The molecule has 1 N–H and O–H groups in total. The predicted molar refractivity (Wildman–Crippen MR) is 130 cm³/mol. The molecule has 168 valence electrons. The number of methoxy groups -OCH3 is 1. The Morgan fingerprint density at radius 2 is 1.78 bits per heavy atom. The fourth-order valence-corrected chi connectivity index (χ4v) is 4.74. The third kappa shape index (κ3) is 5.73. The molecular formula is C25H30N4O2S. The number of benzene rings is 2. The molecule has 6 nitrogen and oxygen atoms in total. The Balaban J connectivity index is 1.24. The topological polar surface area (TPSA) is 57.7 Å². The smallest absolute Gasteiger partial charge is 0.238 e. The molecule has 7 heteroatoms. The minimum atomic E-state index is 0.0583. The zero-order chi connectivity index (χ0) is 22.3. The summed E-state index contributed by atoms with van der Waals surface area (Å²) in [6.07, 6.45) is 0.909. The van der Waals surface area contributed by atoms with Crippen molar-refractivity contribution >= 4 is 22.9 Å². The van der Waals surface area contributed by atoms with Gasteiger partial charge in [-0.3, -0.25) is 14.6 Å². The van der Waals surface area contributed by atoms with Crippen LogP contribution in [-0.4, -0.2) is 60.5 Å². The number of thiazole rings is 1. The number of nitrogens with one attached hydrogen (secondary N) is 1. The molecule has 1 aromatic heterocycles. The molecule has 0 atom stereocenters. The van der Waals surface area contributed by atoms with Crippen molar-refractivity contribution in [1.82, 2.24) is 14.8 Å². The Morgan fingerprint density at radius 1 is 1.06 bits per heavy atom. The Hall–Kier alpha value is -2.74. The number of amides is 1. The minimum Gasteiger partial charge on any atom is -0.497 e. The summed E-state index contributed by atoms with van der Waals surface area (Å²) < 4.78 is 5.23. The number of aryl methyl sites for hydroxylation is 1. The second kappa shape index (κ2) is 10.7. The van der Waals surface area contributed by atoms with Crippen LogP contribution in [0.4, 0.5) is 5.69 Å². The van der Waals surface area contributed by atoms with Crippen molar-refractivity contribution < 1.29 is 9.53 Å². The van der Waals surface area contributed by atoms with Gasteiger partial charge in [0.1, 0.15) is 10.8 Å². The van der Waals surface area contributed by atoms with Gasteiger partial charge in [-0.05, 0) is 42.3 Å². The van der Waals surface area contributed by atoms with E-state index in [1.807, 2.05) is 42.5 Å². The van der Waals surface area contributed by atoms with Gasteiger partial charge in [0, 0.05) is 49.4 Å². The number of ether oxygens (including phenoxy) is 1. The number of hydrogen-bond acceptors (Lipinski definition) is 6. The van der Waals surface area contributed by atoms with Crippen molar-refractivity contribution in [2.45, 2.75) is 19.9 Å². The Labute approximate surface area is 193 Å². The largest absolute Gasteiger partial charge is 0.497 e. The van der Waals surface area contributed by atoms with Crippen LogP contribution in [0, 0.1) is 0 Å². The Kier molecular flexibility index (Phi) is 7.52. The second-order valence-electron chi connectivity index (χ2n) is 7.98. The SMILES string of the molecule is CCc1ccccc1NC(=O)CN1CCN(Cc2csc(-c3ccc(OC)cc3)n2)CC1. The quantitative estimate of drug-likeness (QED) is 0.559. The van der Waals surface area contributed by atoms with Gasteiger partial charge in [-0.2, -0.15) is 0 Å². The summed E-state index contributed by atoms with van der Waals surface area (Å²) in [5.74, 6) is 0.912. The van der Waals surface area contributed by atoms with Crippen LogP contribution >= 0.6 is 11.3 Å². The Bertz CT molecular complexity index is 1030. The highest BCUT2D eigenvalue weighted by Gasteiger charge is 2.20. The maximum absolute atomic E-state index is 12.5. The van der Waals surface area contributed by atoms with Gasteiger partial charge in [-0.15, -0.1) is 11.3 Å². The first-order valence-electron chi connectivity index (χ1n) is 11.1. The lowest BCUT2D eigenvalue weighted by Gasteiger charge is -2.33. The number of piperazine rings is 1. The molecule has 0 bridgehead atoms. The second-order valence-corrected chi connectivity index (χ2v) is 8.84. The van der Waals surface area contributed by atoms with Gasteiger partial charge in [0.2, 0.25) is 5.91 Å². The van der Waals surface area contributed by atoms with Gasteiger partial charge in [-0.1, -0.05) is 25.1 Å². The first-order chi connectivity index (χ1) is 15.6. The first-order valence-corrected chi connectivity index (χ1v) is 11.9. The molecule has 2 aromatic carbocycles. The van der Waals surface area contributed by atoms with Crippen molar-refractivity contribution in [3.05, 3.63) is 65.2 Å². The van der Waals surface area contributed by atoms with Crippen LogP contribution in [0.5, 0.6) is 5.75 Å². The first kappa shape index (κ1) is 22.5. The molecule has 3 aromatic rings. The van der Waals surface area contributed by atoms with Gasteiger partial charge in [0.25, 0.3) is 0 Å². The van der Waals surface area contributed by atoms with Gasteiger partial charge >= 0.3 is 0 Å². The summed E-state index contributed by atoms with van der Waals surface area (Å²) in [7, 11) is 1.67. The maximum Gasteiger partial charge on any atom is 0.238 e. The number of hydrogen-bond donors (Lipinski definition) is 1. The molecule has 1 fully saturated rings. The van der Waals surface area contributed by atoms with Crippen molar-refractivity contribution in [1.29, 1.82) is 0 Å². The van der Waals surface area contributed by atoms with Crippen LogP contribution in [0.3, 0.4) is 0 Å². The number of carbonyl (C=O) groups excluding carboxylic acids is 1. The average Bonchev–Trinajstić information content (AvgIpc) is 3.29. The highest BCUT2D eigenvalue weighted by Crippen LogP contribution is 2.26. The zero-order valence-corrected chi connectivity index (χ0v) is 19.5. The standard InChI is InChI=1S/C25H30N4O2S/c1-3-19-6-4-5-7-23(19)27-24(30)17-29-14-12-28(13-15-29)16-21-18-32-25(26-21)20-8-10-22(31-2)11-9-20/h4-11,18H,3,12-17H2,1-2H3,(H,27,30). The molecule has 1 saturated heterocycles. The van der Waals surface area contributed by atoms with Crippen molar-refractivity contribution in [2.75, 3.05) is 45.2 Å². The van der Waals surface area contributed by atoms with Gasteiger partial charge in [0.05, 0.1) is 19.3 Å². The molecular weight excluding hydrogens is 420 g/mol. The lowest BCUT2D eigenvalue weighted by atomic mass is 10.1. The summed E-state index contributed by atoms with van der Waals surface area (Å²) in [5, 5.41) is 6.25. The number of anilines is 1. The molecule has 0 radical (unpaired) electrons. The molecule has 32 heavy (non-hydrogen) atoms. The van der Waals surface area contributed by atoms with Crippen molar-refractivity contribution in [3.8, 4) is 16.3 Å². The average molecular weight is 451 g/mol. The number of aromatic nitrogens is 1. The van der Waals surface area contributed by atoms with Crippen molar-refractivity contribution in [3.63, 3.8) is 0 Å². The van der Waals surface area contributed by atoms with E-state index in [1.54, 1.807) is 18.4 Å². The summed E-state index contributed by atoms with van der Waals surface area (Å²) in [5.41, 5.74) is 4.31. The summed E-state index contributed by atoms with van der Waals surface area (Å²) in [6, 6.07) is 16.0. The molecule has 2 heterocycles. The van der Waals surface area contributed by atoms with E-state index in [-0.39, 0.29) is 5.91 Å². The van der Waals surface area contributed by atoms with Gasteiger partial charge in [0.15, 0.2) is 0 Å². The van der Waals surface area contributed by atoms with Gasteiger partial charge < -0.3 is 10.1 Å². The molecule has 0 aliphatic carbocycles. The van der Waals surface area contributed by atoms with Crippen LogP contribution in [0.25, 0.3) is 10.6 Å². The summed E-state index contributed by atoms with van der Waals surface area (Å²) in [4.78, 5) is 22.0. The minimum absolute atomic E-state index is 0.0583. The lowest BCUT2D eigenvalue weighted by Crippen LogP contribution is -2.48. The van der Waals surface area contributed by atoms with Crippen LogP contribution in [0.15, 0.2) is 53.9 Å². The Morgan fingerprint density at radius 3 is 2.50 bits per heavy atom. The van der Waals surface area contributed by atoms with E-state index in [0.29, 0.717) is 6.54 Å². The van der Waals surface area contributed by atoms with Crippen LogP contribution in [0.1, 0.15) is 18.2 Å². The van der Waals surface area contributed by atoms with Crippen molar-refractivity contribution in [2.24, 2.45) is 0 Å². The number of para-hydroxylation sites is 1. The fourth-order valence-electron chi connectivity index (χ4n) is 3.92.